The van der Waals surface area contributed by atoms with Crippen LogP contribution in [0.25, 0.3) is 22.2 Å². The number of rotatable bonds is 6. The van der Waals surface area contributed by atoms with Crippen LogP contribution in [-0.2, 0) is 19.5 Å². The van der Waals surface area contributed by atoms with Gasteiger partial charge in [-0.15, -0.1) is 0 Å². The maximum Gasteiger partial charge on any atom is 0.329 e. The first-order chi connectivity index (χ1) is 16.5. The molecule has 1 aliphatic rings. The lowest BCUT2D eigenvalue weighted by molar-refractivity contribution is 0.0950. The highest BCUT2D eigenvalue weighted by atomic mass is 16.5. The minimum Gasteiger partial charge on any atom is -0.493 e. The minimum atomic E-state index is -0.553. The second-order valence-electron chi connectivity index (χ2n) is 8.31. The number of H-pyrrole nitrogens is 1. The summed E-state index contributed by atoms with van der Waals surface area (Å²) >= 11 is 0. The number of benzene rings is 2. The van der Waals surface area contributed by atoms with E-state index < -0.39 is 11.2 Å². The highest BCUT2D eigenvalue weighted by Crippen LogP contribution is 2.30. The van der Waals surface area contributed by atoms with Crippen LogP contribution < -0.4 is 21.3 Å². The van der Waals surface area contributed by atoms with Gasteiger partial charge < -0.3 is 10.1 Å². The molecule has 0 spiro atoms. The minimum absolute atomic E-state index is 0.213. The number of fused-ring (bicyclic) bond motifs is 2. The summed E-state index contributed by atoms with van der Waals surface area (Å²) < 4.78 is 6.98. The molecule has 0 atom stereocenters. The van der Waals surface area contributed by atoms with E-state index in [2.05, 4.69) is 27.4 Å². The van der Waals surface area contributed by atoms with Gasteiger partial charge >= 0.3 is 5.69 Å². The SMILES string of the molecule is CCCn1c(=O)[nH]c(=O)c2cc(C(=O)NCc3ccc(-c4ccc5c(c4)CCO5)cc3)cnc21. The zero-order valence-electron chi connectivity index (χ0n) is 18.8. The van der Waals surface area contributed by atoms with Crippen LogP contribution in [0.4, 0.5) is 0 Å². The maximum atomic E-state index is 12.7. The number of nitrogens with zero attached hydrogens (tertiary/aromatic N) is 2. The zero-order valence-corrected chi connectivity index (χ0v) is 18.8. The number of hydrogen-bond acceptors (Lipinski definition) is 5. The van der Waals surface area contributed by atoms with Gasteiger partial charge in [-0.3, -0.25) is 19.1 Å². The Morgan fingerprint density at radius 1 is 1.12 bits per heavy atom. The van der Waals surface area contributed by atoms with Crippen LogP contribution in [0.3, 0.4) is 0 Å². The van der Waals surface area contributed by atoms with Crippen LogP contribution in [-0.4, -0.2) is 27.0 Å². The van der Waals surface area contributed by atoms with Gasteiger partial charge in [0.1, 0.15) is 11.4 Å². The monoisotopic (exact) mass is 456 g/mol. The predicted octanol–water partition coefficient (Wildman–Crippen LogP) is 3.03. The lowest BCUT2D eigenvalue weighted by Crippen LogP contribution is -2.31. The first-order valence-corrected chi connectivity index (χ1v) is 11.3. The molecular formula is C26H24N4O4. The van der Waals surface area contributed by atoms with Gasteiger partial charge in [-0.1, -0.05) is 37.3 Å². The summed E-state index contributed by atoms with van der Waals surface area (Å²) in [6.45, 7) is 3.43. The van der Waals surface area contributed by atoms with E-state index >= 15 is 0 Å². The third-order valence-electron chi connectivity index (χ3n) is 5.97. The Kier molecular flexibility index (Phi) is 5.71. The van der Waals surface area contributed by atoms with Crippen molar-refractivity contribution in [1.29, 1.82) is 0 Å². The normalized spacial score (nSPS) is 12.4. The zero-order chi connectivity index (χ0) is 23.7. The Morgan fingerprint density at radius 2 is 1.91 bits per heavy atom. The van der Waals surface area contributed by atoms with Crippen LogP contribution in [0.5, 0.6) is 5.75 Å². The van der Waals surface area contributed by atoms with E-state index in [0.29, 0.717) is 19.5 Å². The Morgan fingerprint density at radius 3 is 2.71 bits per heavy atom. The molecule has 2 N–H and O–H groups in total. The van der Waals surface area contributed by atoms with Gasteiger partial charge in [0.2, 0.25) is 0 Å². The van der Waals surface area contributed by atoms with Crippen molar-refractivity contribution < 1.29 is 9.53 Å². The molecule has 5 rings (SSSR count). The van der Waals surface area contributed by atoms with Crippen molar-refractivity contribution in [2.24, 2.45) is 0 Å². The lowest BCUT2D eigenvalue weighted by Gasteiger charge is -2.10. The van der Waals surface area contributed by atoms with Crippen LogP contribution in [0.1, 0.15) is 34.8 Å². The molecule has 0 radical (unpaired) electrons. The molecule has 0 bridgehead atoms. The van der Waals surface area contributed by atoms with Crippen LogP contribution in [0.2, 0.25) is 0 Å². The molecule has 2 aromatic carbocycles. The van der Waals surface area contributed by atoms with Gasteiger partial charge in [-0.05, 0) is 46.9 Å². The van der Waals surface area contributed by atoms with Gasteiger partial charge in [0, 0.05) is 25.7 Å². The highest BCUT2D eigenvalue weighted by molar-refractivity contribution is 5.96. The molecule has 4 aromatic rings. The number of carbonyl (C=O) groups is 1. The number of amides is 1. The van der Waals surface area contributed by atoms with Crippen molar-refractivity contribution in [2.45, 2.75) is 32.9 Å². The molecule has 0 saturated carbocycles. The molecular weight excluding hydrogens is 432 g/mol. The van der Waals surface area contributed by atoms with Crippen molar-refractivity contribution in [2.75, 3.05) is 6.61 Å². The Labute approximate surface area is 195 Å². The van der Waals surface area contributed by atoms with Crippen molar-refractivity contribution >= 4 is 16.9 Å². The number of pyridine rings is 1. The van der Waals surface area contributed by atoms with Crippen LogP contribution in [0.15, 0.2) is 64.3 Å². The van der Waals surface area contributed by atoms with Crippen molar-refractivity contribution in [3.63, 3.8) is 0 Å². The summed E-state index contributed by atoms with van der Waals surface area (Å²) in [5.41, 5.74) is 3.89. The van der Waals surface area contributed by atoms with Gasteiger partial charge in [0.25, 0.3) is 11.5 Å². The Bertz CT molecular complexity index is 1500. The lowest BCUT2D eigenvalue weighted by atomic mass is 10.0. The fourth-order valence-corrected chi connectivity index (χ4v) is 4.19. The van der Waals surface area contributed by atoms with E-state index in [1.54, 1.807) is 0 Å². The second kappa shape index (κ2) is 8.97. The largest absolute Gasteiger partial charge is 0.493 e. The Hall–Kier alpha value is -4.20. The standard InChI is InChI=1S/C26H24N4O4/c1-2-10-30-23-21(25(32)29-26(30)33)13-20(15-27-23)24(31)28-14-16-3-5-17(6-4-16)18-7-8-22-19(12-18)9-11-34-22/h3-8,12-13,15H,2,9-11,14H2,1H3,(H,28,31)(H,29,32,33). The first kappa shape index (κ1) is 21.6. The third-order valence-corrected chi connectivity index (χ3v) is 5.97. The predicted molar refractivity (Wildman–Crippen MR) is 129 cm³/mol. The number of carbonyl (C=O) groups excluding carboxylic acids is 1. The number of nitrogens with one attached hydrogen (secondary N) is 2. The molecule has 8 heteroatoms. The third kappa shape index (κ3) is 4.10. The number of aromatic amines is 1. The summed E-state index contributed by atoms with van der Waals surface area (Å²) in [6, 6.07) is 15.7. The highest BCUT2D eigenvalue weighted by Gasteiger charge is 2.14. The summed E-state index contributed by atoms with van der Waals surface area (Å²) in [7, 11) is 0. The molecule has 0 fully saturated rings. The molecule has 34 heavy (non-hydrogen) atoms. The van der Waals surface area contributed by atoms with E-state index in [-0.39, 0.29) is 22.5 Å². The molecule has 2 aromatic heterocycles. The average molecular weight is 457 g/mol. The Balaban J connectivity index is 1.30. The van der Waals surface area contributed by atoms with E-state index in [0.717, 1.165) is 35.5 Å². The maximum absolute atomic E-state index is 12.7. The smallest absolute Gasteiger partial charge is 0.329 e. The van der Waals surface area contributed by atoms with Gasteiger partial charge in [0.15, 0.2) is 0 Å². The molecule has 0 saturated heterocycles. The van der Waals surface area contributed by atoms with Crippen LogP contribution in [0, 0.1) is 0 Å². The van der Waals surface area contributed by atoms with Gasteiger partial charge in [-0.2, -0.15) is 0 Å². The van der Waals surface area contributed by atoms with E-state index in [1.165, 1.54) is 22.4 Å². The van der Waals surface area contributed by atoms with Crippen molar-refractivity contribution in [3.8, 4) is 16.9 Å². The summed E-state index contributed by atoms with van der Waals surface area (Å²) in [6.07, 6.45) is 3.04. The molecule has 1 aliphatic heterocycles. The van der Waals surface area contributed by atoms with Crippen molar-refractivity contribution in [1.82, 2.24) is 19.9 Å². The number of aryl methyl sites for hydroxylation is 1. The second-order valence-corrected chi connectivity index (χ2v) is 8.31. The van der Waals surface area contributed by atoms with Crippen LogP contribution >= 0.6 is 0 Å². The first-order valence-electron chi connectivity index (χ1n) is 11.3. The molecule has 1 amide bonds. The fourth-order valence-electron chi connectivity index (χ4n) is 4.19. The number of aromatic nitrogens is 3. The average Bonchev–Trinajstić information content (AvgIpc) is 3.33. The molecule has 0 aliphatic carbocycles. The quantitative estimate of drug-likeness (QED) is 0.464. The molecule has 172 valence electrons. The molecule has 8 nitrogen and oxygen atoms in total. The fraction of sp³-hybridized carbons (Fsp3) is 0.231. The van der Waals surface area contributed by atoms with E-state index in [4.69, 9.17) is 4.74 Å². The molecule has 3 heterocycles. The summed E-state index contributed by atoms with van der Waals surface area (Å²) in [5, 5.41) is 3.08. The number of hydrogen-bond donors (Lipinski definition) is 2. The van der Waals surface area contributed by atoms with E-state index in [9.17, 15) is 14.4 Å². The van der Waals surface area contributed by atoms with Gasteiger partial charge in [0.05, 0.1) is 17.6 Å². The van der Waals surface area contributed by atoms with Crippen molar-refractivity contribution in [3.05, 3.63) is 92.3 Å². The van der Waals surface area contributed by atoms with E-state index in [1.807, 2.05) is 37.3 Å². The van der Waals surface area contributed by atoms with Gasteiger partial charge in [-0.25, -0.2) is 9.78 Å². The number of ether oxygens (including phenoxy) is 1. The summed E-state index contributed by atoms with van der Waals surface area (Å²) in [5.74, 6) is 0.617. The summed E-state index contributed by atoms with van der Waals surface area (Å²) in [4.78, 5) is 43.6. The molecule has 0 unspecified atom stereocenters. The topological polar surface area (TPSA) is 106 Å².